The molecule has 0 bridgehead atoms. The highest BCUT2D eigenvalue weighted by molar-refractivity contribution is 6.30. The van der Waals surface area contributed by atoms with Crippen LogP contribution in [0.2, 0.25) is 5.02 Å². The van der Waals surface area contributed by atoms with Crippen LogP contribution >= 0.6 is 11.6 Å². The summed E-state index contributed by atoms with van der Waals surface area (Å²) in [4.78, 5) is 0. The van der Waals surface area contributed by atoms with Gasteiger partial charge in [0, 0.05) is 16.6 Å². The van der Waals surface area contributed by atoms with E-state index in [0.717, 1.165) is 11.3 Å². The van der Waals surface area contributed by atoms with Gasteiger partial charge in [0.05, 0.1) is 6.10 Å². The molecule has 0 fully saturated rings. The second kappa shape index (κ2) is 4.67. The van der Waals surface area contributed by atoms with E-state index in [9.17, 15) is 0 Å². The molecule has 0 aliphatic carbocycles. The van der Waals surface area contributed by atoms with Crippen molar-refractivity contribution >= 4 is 11.6 Å². The van der Waals surface area contributed by atoms with Gasteiger partial charge in [-0.2, -0.15) is 0 Å². The minimum absolute atomic E-state index is 0.0672. The molecule has 78 valence electrons. The van der Waals surface area contributed by atoms with Gasteiger partial charge in [0.25, 0.3) is 0 Å². The van der Waals surface area contributed by atoms with Crippen LogP contribution in [0.25, 0.3) is 0 Å². The van der Waals surface area contributed by atoms with Crippen molar-refractivity contribution in [1.29, 1.82) is 0 Å². The molecule has 3 heteroatoms. The van der Waals surface area contributed by atoms with Crippen molar-refractivity contribution in [3.63, 3.8) is 0 Å². The van der Waals surface area contributed by atoms with Crippen LogP contribution in [-0.4, -0.2) is 6.10 Å². The average molecular weight is 214 g/mol. The Balaban J connectivity index is 3.02. The fourth-order valence-corrected chi connectivity index (χ4v) is 1.42. The number of hydrogen-bond acceptors (Lipinski definition) is 2. The summed E-state index contributed by atoms with van der Waals surface area (Å²) in [5.74, 6) is 0.819. The molecule has 2 nitrogen and oxygen atoms in total. The lowest BCUT2D eigenvalue weighted by atomic mass is 10.1. The van der Waals surface area contributed by atoms with E-state index in [2.05, 4.69) is 0 Å². The zero-order valence-corrected chi connectivity index (χ0v) is 9.51. The van der Waals surface area contributed by atoms with Crippen molar-refractivity contribution in [2.75, 3.05) is 0 Å². The van der Waals surface area contributed by atoms with Gasteiger partial charge in [-0.25, -0.2) is 0 Å². The second-order valence-electron chi connectivity index (χ2n) is 3.64. The number of hydrogen-bond donors (Lipinski definition) is 1. The maximum atomic E-state index is 5.89. The van der Waals surface area contributed by atoms with E-state index >= 15 is 0 Å². The third kappa shape index (κ3) is 2.89. The third-order valence-corrected chi connectivity index (χ3v) is 2.06. The van der Waals surface area contributed by atoms with Crippen LogP contribution in [0.1, 0.15) is 32.4 Å². The molecule has 0 saturated heterocycles. The van der Waals surface area contributed by atoms with Crippen molar-refractivity contribution in [3.05, 3.63) is 28.8 Å². The minimum atomic E-state index is -0.0672. The van der Waals surface area contributed by atoms with Crippen molar-refractivity contribution in [1.82, 2.24) is 0 Å². The van der Waals surface area contributed by atoms with Gasteiger partial charge in [-0.1, -0.05) is 11.6 Å². The zero-order chi connectivity index (χ0) is 10.7. The molecular weight excluding hydrogens is 198 g/mol. The summed E-state index contributed by atoms with van der Waals surface area (Å²) < 4.78 is 5.62. The van der Waals surface area contributed by atoms with Gasteiger partial charge in [-0.3, -0.25) is 0 Å². The standard InChI is InChI=1S/C11H16ClNO/c1-7(2)14-11-5-4-9(12)6-10(11)8(3)13/h4-8H,13H2,1-3H3/t8-/m0/s1. The highest BCUT2D eigenvalue weighted by atomic mass is 35.5. The smallest absolute Gasteiger partial charge is 0.124 e. The first-order valence-electron chi connectivity index (χ1n) is 4.72. The van der Waals surface area contributed by atoms with Crippen molar-refractivity contribution < 1.29 is 4.74 Å². The first-order valence-corrected chi connectivity index (χ1v) is 5.10. The zero-order valence-electron chi connectivity index (χ0n) is 8.75. The summed E-state index contributed by atoms with van der Waals surface area (Å²) in [6, 6.07) is 5.46. The normalized spacial score (nSPS) is 13.0. The van der Waals surface area contributed by atoms with Gasteiger partial charge in [-0.05, 0) is 39.0 Å². The molecule has 0 aliphatic heterocycles. The SMILES string of the molecule is CC(C)Oc1ccc(Cl)cc1[C@H](C)N. The van der Waals surface area contributed by atoms with Crippen LogP contribution in [-0.2, 0) is 0 Å². The molecule has 1 rings (SSSR count). The van der Waals surface area contributed by atoms with Crippen LogP contribution < -0.4 is 10.5 Å². The van der Waals surface area contributed by atoms with Gasteiger partial charge < -0.3 is 10.5 Å². The van der Waals surface area contributed by atoms with E-state index in [1.807, 2.05) is 39.0 Å². The molecule has 0 radical (unpaired) electrons. The first kappa shape index (κ1) is 11.3. The summed E-state index contributed by atoms with van der Waals surface area (Å²) >= 11 is 5.89. The van der Waals surface area contributed by atoms with Crippen molar-refractivity contribution in [3.8, 4) is 5.75 Å². The monoisotopic (exact) mass is 213 g/mol. The Morgan fingerprint density at radius 2 is 1.93 bits per heavy atom. The fraction of sp³-hybridized carbons (Fsp3) is 0.455. The molecule has 0 spiro atoms. The molecule has 0 aliphatic rings. The summed E-state index contributed by atoms with van der Waals surface area (Å²) in [6.45, 7) is 5.89. The van der Waals surface area contributed by atoms with Crippen LogP contribution in [0.5, 0.6) is 5.75 Å². The van der Waals surface area contributed by atoms with Gasteiger partial charge in [0.2, 0.25) is 0 Å². The third-order valence-electron chi connectivity index (χ3n) is 1.83. The molecule has 1 aromatic rings. The van der Waals surface area contributed by atoms with E-state index in [0.29, 0.717) is 5.02 Å². The number of rotatable bonds is 3. The Bertz CT molecular complexity index is 310. The van der Waals surface area contributed by atoms with Crippen LogP contribution in [0.15, 0.2) is 18.2 Å². The minimum Gasteiger partial charge on any atom is -0.491 e. The Kier molecular flexibility index (Phi) is 3.78. The Hall–Kier alpha value is -0.730. The number of benzene rings is 1. The highest BCUT2D eigenvalue weighted by Crippen LogP contribution is 2.27. The molecule has 14 heavy (non-hydrogen) atoms. The average Bonchev–Trinajstić information content (AvgIpc) is 2.07. The van der Waals surface area contributed by atoms with Gasteiger partial charge in [0.1, 0.15) is 5.75 Å². The highest BCUT2D eigenvalue weighted by Gasteiger charge is 2.09. The molecule has 0 saturated carbocycles. The van der Waals surface area contributed by atoms with Gasteiger partial charge in [-0.15, -0.1) is 0 Å². The molecule has 0 unspecified atom stereocenters. The van der Waals surface area contributed by atoms with Gasteiger partial charge in [0.15, 0.2) is 0 Å². The summed E-state index contributed by atoms with van der Waals surface area (Å²) in [5, 5.41) is 0.688. The molecule has 0 amide bonds. The van der Waals surface area contributed by atoms with E-state index in [1.54, 1.807) is 0 Å². The van der Waals surface area contributed by atoms with Crippen LogP contribution in [0.4, 0.5) is 0 Å². The van der Waals surface area contributed by atoms with E-state index < -0.39 is 0 Å². The molecule has 1 aromatic carbocycles. The molecule has 0 aromatic heterocycles. The number of ether oxygens (including phenoxy) is 1. The maximum Gasteiger partial charge on any atom is 0.124 e. The molecular formula is C11H16ClNO. The van der Waals surface area contributed by atoms with Crippen molar-refractivity contribution in [2.45, 2.75) is 32.9 Å². The maximum absolute atomic E-state index is 5.89. The molecule has 1 atom stereocenters. The molecule has 0 heterocycles. The van der Waals surface area contributed by atoms with E-state index in [-0.39, 0.29) is 12.1 Å². The van der Waals surface area contributed by atoms with Crippen LogP contribution in [0.3, 0.4) is 0 Å². The lowest BCUT2D eigenvalue weighted by Crippen LogP contribution is -2.12. The summed E-state index contributed by atoms with van der Waals surface area (Å²) in [6.07, 6.45) is 0.147. The Morgan fingerprint density at radius 1 is 1.29 bits per heavy atom. The van der Waals surface area contributed by atoms with E-state index in [1.165, 1.54) is 0 Å². The number of halogens is 1. The topological polar surface area (TPSA) is 35.2 Å². The summed E-state index contributed by atoms with van der Waals surface area (Å²) in [5.41, 5.74) is 6.77. The summed E-state index contributed by atoms with van der Waals surface area (Å²) in [7, 11) is 0. The van der Waals surface area contributed by atoms with Crippen LogP contribution in [0, 0.1) is 0 Å². The lowest BCUT2D eigenvalue weighted by molar-refractivity contribution is 0.239. The largest absolute Gasteiger partial charge is 0.491 e. The molecule has 2 N–H and O–H groups in total. The first-order chi connectivity index (χ1) is 6.50. The predicted octanol–water partition coefficient (Wildman–Crippen LogP) is 3.15. The van der Waals surface area contributed by atoms with E-state index in [4.69, 9.17) is 22.1 Å². The quantitative estimate of drug-likeness (QED) is 0.837. The predicted molar refractivity (Wildman–Crippen MR) is 59.8 cm³/mol. The Labute approximate surface area is 90.0 Å². The number of nitrogens with two attached hydrogens (primary N) is 1. The lowest BCUT2D eigenvalue weighted by Gasteiger charge is -2.16. The fourth-order valence-electron chi connectivity index (χ4n) is 1.24. The Morgan fingerprint density at radius 3 is 2.43 bits per heavy atom. The second-order valence-corrected chi connectivity index (χ2v) is 4.07. The van der Waals surface area contributed by atoms with Crippen molar-refractivity contribution in [2.24, 2.45) is 5.73 Å². The van der Waals surface area contributed by atoms with Gasteiger partial charge >= 0.3 is 0 Å².